The highest BCUT2D eigenvalue weighted by atomic mass is 32.2. The number of ether oxygens (including phenoxy) is 1. The predicted octanol–water partition coefficient (Wildman–Crippen LogP) is 4.22. The number of halogens is 1. The van der Waals surface area contributed by atoms with Gasteiger partial charge in [0.15, 0.2) is 0 Å². The molecule has 0 aliphatic rings. The first-order valence-electron chi connectivity index (χ1n) is 12.6. The third-order valence-electron chi connectivity index (χ3n) is 6.09. The van der Waals surface area contributed by atoms with E-state index >= 15 is 0 Å². The Hall–Kier alpha value is -3.92. The lowest BCUT2D eigenvalue weighted by Crippen LogP contribution is -2.51. The number of carbonyl (C=O) groups excluding carboxylic acids is 2. The zero-order valence-electron chi connectivity index (χ0n) is 22.5. The number of hydrogen-bond acceptors (Lipinski definition) is 5. The van der Waals surface area contributed by atoms with Crippen molar-refractivity contribution in [3.8, 4) is 5.75 Å². The number of para-hydroxylation sites is 1. The lowest BCUT2D eigenvalue weighted by Gasteiger charge is -2.32. The van der Waals surface area contributed by atoms with Crippen LogP contribution in [0.3, 0.4) is 0 Å². The zero-order chi connectivity index (χ0) is 28.6. The van der Waals surface area contributed by atoms with Gasteiger partial charge in [-0.1, -0.05) is 44.2 Å². The van der Waals surface area contributed by atoms with Crippen LogP contribution < -0.4 is 14.4 Å². The van der Waals surface area contributed by atoms with Gasteiger partial charge in [0.2, 0.25) is 11.8 Å². The number of nitrogens with one attached hydrogen (secondary N) is 1. The van der Waals surface area contributed by atoms with Crippen molar-refractivity contribution in [1.29, 1.82) is 0 Å². The molecule has 0 spiro atoms. The van der Waals surface area contributed by atoms with Gasteiger partial charge in [0, 0.05) is 13.1 Å². The van der Waals surface area contributed by atoms with Gasteiger partial charge in [0.25, 0.3) is 10.0 Å². The summed E-state index contributed by atoms with van der Waals surface area (Å²) in [6, 6.07) is 18.8. The second-order valence-electron chi connectivity index (χ2n) is 9.49. The van der Waals surface area contributed by atoms with Crippen LogP contribution in [0.25, 0.3) is 0 Å². The summed E-state index contributed by atoms with van der Waals surface area (Å²) in [7, 11) is -2.70. The highest BCUT2D eigenvalue weighted by Crippen LogP contribution is 2.25. The average Bonchev–Trinajstić information content (AvgIpc) is 2.93. The van der Waals surface area contributed by atoms with Gasteiger partial charge in [-0.2, -0.15) is 0 Å². The predicted molar refractivity (Wildman–Crippen MR) is 148 cm³/mol. The zero-order valence-corrected chi connectivity index (χ0v) is 23.3. The maximum atomic E-state index is 13.8. The average molecular weight is 556 g/mol. The molecule has 0 saturated carbocycles. The van der Waals surface area contributed by atoms with Crippen LogP contribution in [0.5, 0.6) is 5.75 Å². The van der Waals surface area contributed by atoms with E-state index in [1.54, 1.807) is 68.6 Å². The molecule has 0 aliphatic carbocycles. The Balaban J connectivity index is 1.97. The lowest BCUT2D eigenvalue weighted by molar-refractivity contribution is -0.139. The van der Waals surface area contributed by atoms with Crippen LogP contribution in [-0.4, -0.2) is 51.4 Å². The monoisotopic (exact) mass is 555 g/mol. The Labute approximate surface area is 229 Å². The van der Waals surface area contributed by atoms with Crippen molar-refractivity contribution in [2.75, 3.05) is 24.5 Å². The second-order valence-corrected chi connectivity index (χ2v) is 11.3. The first kappa shape index (κ1) is 29.6. The van der Waals surface area contributed by atoms with Gasteiger partial charge in [-0.3, -0.25) is 13.9 Å². The number of sulfonamides is 1. The topological polar surface area (TPSA) is 96.0 Å². The van der Waals surface area contributed by atoms with Crippen LogP contribution in [0.15, 0.2) is 83.8 Å². The third kappa shape index (κ3) is 7.79. The fraction of sp³-hybridized carbons (Fsp3) is 0.310. The molecule has 0 heterocycles. The summed E-state index contributed by atoms with van der Waals surface area (Å²) >= 11 is 0. The molecule has 0 aliphatic heterocycles. The van der Waals surface area contributed by atoms with Gasteiger partial charge in [0.05, 0.1) is 17.7 Å². The largest absolute Gasteiger partial charge is 0.497 e. The van der Waals surface area contributed by atoms with E-state index in [9.17, 15) is 22.4 Å². The van der Waals surface area contributed by atoms with Crippen LogP contribution in [0.2, 0.25) is 0 Å². The number of amides is 2. The van der Waals surface area contributed by atoms with E-state index in [2.05, 4.69) is 5.32 Å². The minimum atomic E-state index is -4.25. The highest BCUT2D eigenvalue weighted by molar-refractivity contribution is 7.92. The molecule has 0 unspecified atom stereocenters. The van der Waals surface area contributed by atoms with Crippen molar-refractivity contribution >= 4 is 27.5 Å². The molecule has 3 rings (SSSR count). The molecular weight excluding hydrogens is 521 g/mol. The summed E-state index contributed by atoms with van der Waals surface area (Å²) in [6.07, 6.45) is 0. The van der Waals surface area contributed by atoms with Crippen molar-refractivity contribution < 1.29 is 27.1 Å². The number of benzene rings is 3. The maximum absolute atomic E-state index is 13.8. The molecule has 0 aromatic heterocycles. The molecule has 0 fully saturated rings. The molecule has 0 saturated heterocycles. The minimum absolute atomic E-state index is 0.0678. The van der Waals surface area contributed by atoms with Gasteiger partial charge >= 0.3 is 0 Å². The lowest BCUT2D eigenvalue weighted by atomic mass is 10.1. The molecule has 10 heteroatoms. The van der Waals surface area contributed by atoms with E-state index < -0.39 is 34.3 Å². The van der Waals surface area contributed by atoms with Gasteiger partial charge in [-0.05, 0) is 66.9 Å². The number of carbonyl (C=O) groups is 2. The van der Waals surface area contributed by atoms with E-state index in [0.29, 0.717) is 12.3 Å². The first-order chi connectivity index (χ1) is 18.5. The van der Waals surface area contributed by atoms with Crippen molar-refractivity contribution in [2.24, 2.45) is 5.92 Å². The summed E-state index contributed by atoms with van der Waals surface area (Å²) in [6.45, 7) is 5.47. The standard InChI is InChI=1S/C29H34FN3O5S/c1-21(2)18-31-29(35)22(3)32(19-23-10-14-26(38-4)15-11-23)28(34)20-33(25-8-6-5-7-9-25)39(36,37)27-16-12-24(30)13-17-27/h5-17,21-22H,18-20H2,1-4H3,(H,31,35)/t22-/m1/s1. The Bertz CT molecular complexity index is 1350. The quantitative estimate of drug-likeness (QED) is 0.361. The summed E-state index contributed by atoms with van der Waals surface area (Å²) in [5.41, 5.74) is 0.997. The number of methoxy groups -OCH3 is 1. The minimum Gasteiger partial charge on any atom is -0.497 e. The van der Waals surface area contributed by atoms with Crippen LogP contribution in [-0.2, 0) is 26.2 Å². The number of hydrogen-bond donors (Lipinski definition) is 1. The van der Waals surface area contributed by atoms with E-state index in [1.807, 2.05) is 13.8 Å². The molecule has 1 atom stereocenters. The summed E-state index contributed by atoms with van der Waals surface area (Å²) in [5.74, 6) is -0.657. The van der Waals surface area contributed by atoms with Crippen molar-refractivity contribution in [1.82, 2.24) is 10.2 Å². The van der Waals surface area contributed by atoms with Crippen LogP contribution in [0.1, 0.15) is 26.3 Å². The first-order valence-corrected chi connectivity index (χ1v) is 14.0. The maximum Gasteiger partial charge on any atom is 0.264 e. The number of nitrogens with zero attached hydrogens (tertiary/aromatic N) is 2. The number of anilines is 1. The molecule has 1 N–H and O–H groups in total. The van der Waals surface area contributed by atoms with Gasteiger partial charge in [-0.25, -0.2) is 12.8 Å². The van der Waals surface area contributed by atoms with E-state index in [4.69, 9.17) is 4.74 Å². The van der Waals surface area contributed by atoms with E-state index in [0.717, 1.165) is 34.1 Å². The van der Waals surface area contributed by atoms with Crippen molar-refractivity contribution in [3.05, 3.63) is 90.2 Å². The van der Waals surface area contributed by atoms with Crippen molar-refractivity contribution in [3.63, 3.8) is 0 Å². The second kappa shape index (κ2) is 13.2. The van der Waals surface area contributed by atoms with Crippen LogP contribution in [0.4, 0.5) is 10.1 Å². The third-order valence-corrected chi connectivity index (χ3v) is 7.88. The van der Waals surface area contributed by atoms with Gasteiger partial charge in [-0.15, -0.1) is 0 Å². The molecule has 8 nitrogen and oxygen atoms in total. The number of rotatable bonds is 12. The normalized spacial score (nSPS) is 12.1. The van der Waals surface area contributed by atoms with Gasteiger partial charge in [0.1, 0.15) is 24.2 Å². The summed E-state index contributed by atoms with van der Waals surface area (Å²) < 4.78 is 47.0. The Morgan fingerprint density at radius 2 is 1.54 bits per heavy atom. The van der Waals surface area contributed by atoms with Crippen LogP contribution >= 0.6 is 0 Å². The Morgan fingerprint density at radius 3 is 2.10 bits per heavy atom. The molecule has 0 bridgehead atoms. The van der Waals surface area contributed by atoms with E-state index in [1.165, 1.54) is 4.90 Å². The summed E-state index contributed by atoms with van der Waals surface area (Å²) in [5, 5.41) is 2.85. The molecule has 39 heavy (non-hydrogen) atoms. The smallest absolute Gasteiger partial charge is 0.264 e. The molecular formula is C29H34FN3O5S. The SMILES string of the molecule is COc1ccc(CN(C(=O)CN(c2ccccc2)S(=O)(=O)c2ccc(F)cc2)[C@H](C)C(=O)NCC(C)C)cc1. The van der Waals surface area contributed by atoms with Crippen molar-refractivity contribution in [2.45, 2.75) is 38.3 Å². The van der Waals surface area contributed by atoms with Gasteiger partial charge < -0.3 is 15.0 Å². The summed E-state index contributed by atoms with van der Waals surface area (Å²) in [4.78, 5) is 28.0. The Kier molecular flexibility index (Phi) is 10.1. The molecule has 208 valence electrons. The molecule has 0 radical (unpaired) electrons. The fourth-order valence-electron chi connectivity index (χ4n) is 3.82. The molecule has 2 amide bonds. The highest BCUT2D eigenvalue weighted by Gasteiger charge is 2.32. The van der Waals surface area contributed by atoms with E-state index in [-0.39, 0.29) is 29.0 Å². The molecule has 3 aromatic carbocycles. The molecule has 3 aromatic rings. The van der Waals surface area contributed by atoms with Crippen LogP contribution in [0, 0.1) is 11.7 Å². The fourth-order valence-corrected chi connectivity index (χ4v) is 5.23. The Morgan fingerprint density at radius 1 is 0.923 bits per heavy atom.